The standard InChI is InChI=1S/C62H76I2O9/c1-32-8-42(9-33(2)57(32)68-29-53(65)71-60(5)44-15-36-12-37(17-44)18-45(60)16-36)56(43-10-34(3)58(35(4)11-43)69-30-54(66)72-61(6)46-19-38-13-39(21-46)22-47(61)20-38)51-27-50(63)28-52(64)59(51)70-31-55(67)73-62(7)48-23-40-14-41(25-48)26-49(62)24-40/h8-11,27-28,36-41,44-49,56H,12-26,29-31H2,1-7H3. The number of carbonyl (C=O) groups excluding carboxylic acids is 3. The molecule has 0 spiro atoms. The fraction of sp³-hybridized carbons (Fsp3) is 0.661. The minimum absolute atomic E-state index is 0.147. The average Bonchev–Trinajstić information content (AvgIpc) is 3.30. The van der Waals surface area contributed by atoms with Gasteiger partial charge in [-0.05, 0) is 306 Å². The first-order chi connectivity index (χ1) is 34.8. The molecule has 12 bridgehead atoms. The minimum Gasteiger partial charge on any atom is -0.481 e. The summed E-state index contributed by atoms with van der Waals surface area (Å²) in [6.45, 7) is 14.2. The van der Waals surface area contributed by atoms with E-state index in [1.165, 1.54) is 70.6 Å². The van der Waals surface area contributed by atoms with Crippen LogP contribution in [0.5, 0.6) is 17.2 Å². The number of benzene rings is 3. The summed E-state index contributed by atoms with van der Waals surface area (Å²) in [5.41, 5.74) is 5.27. The molecule has 3 aromatic rings. The molecule has 0 N–H and O–H groups in total. The molecule has 392 valence electrons. The van der Waals surface area contributed by atoms with Crippen molar-refractivity contribution in [2.45, 2.75) is 167 Å². The maximum absolute atomic E-state index is 14.0. The van der Waals surface area contributed by atoms with E-state index in [1.54, 1.807) is 0 Å². The molecular weight excluding hydrogens is 1140 g/mol. The summed E-state index contributed by atoms with van der Waals surface area (Å²) in [5, 5.41) is 0. The number of aryl methyl sites for hydroxylation is 4. The van der Waals surface area contributed by atoms with E-state index in [4.69, 9.17) is 28.4 Å². The maximum Gasteiger partial charge on any atom is 0.344 e. The van der Waals surface area contributed by atoms with Gasteiger partial charge in [0.2, 0.25) is 0 Å². The quantitative estimate of drug-likeness (QED) is 0.0636. The molecule has 12 saturated carbocycles. The maximum atomic E-state index is 14.0. The van der Waals surface area contributed by atoms with Crippen molar-refractivity contribution in [3.63, 3.8) is 0 Å². The normalized spacial score (nSPS) is 37.3. The van der Waals surface area contributed by atoms with Gasteiger partial charge in [0, 0.05) is 15.1 Å². The first-order valence-electron chi connectivity index (χ1n) is 28.1. The third-order valence-electron chi connectivity index (χ3n) is 21.3. The molecule has 0 aliphatic heterocycles. The fourth-order valence-electron chi connectivity index (χ4n) is 18.3. The van der Waals surface area contributed by atoms with Crippen LogP contribution in [0.4, 0.5) is 0 Å². The molecule has 9 nitrogen and oxygen atoms in total. The lowest BCUT2D eigenvalue weighted by Gasteiger charge is -2.59. The van der Waals surface area contributed by atoms with Crippen molar-refractivity contribution in [2.75, 3.05) is 19.8 Å². The molecular formula is C62H76I2O9. The highest BCUT2D eigenvalue weighted by Gasteiger charge is 2.59. The van der Waals surface area contributed by atoms with Gasteiger partial charge in [-0.25, -0.2) is 14.4 Å². The largest absolute Gasteiger partial charge is 0.481 e. The topological polar surface area (TPSA) is 107 Å². The second-order valence-corrected chi connectivity index (χ2v) is 28.4. The lowest BCUT2D eigenvalue weighted by Crippen LogP contribution is -2.58. The molecule has 0 saturated heterocycles. The fourth-order valence-corrected chi connectivity index (χ4v) is 20.4. The van der Waals surface area contributed by atoms with Gasteiger partial charge in [-0.15, -0.1) is 0 Å². The Morgan fingerprint density at radius 1 is 0.438 bits per heavy atom. The molecule has 73 heavy (non-hydrogen) atoms. The SMILES string of the molecule is Cc1cc(C(c2cc(C)c(OCC(=O)OC3(C)C4CC5CC(C4)CC3C5)c(C)c2)c2cc(I)cc(I)c2OCC(=O)OC2(C)C3CC4CC(C3)CC2C4)cc(C)c1OCC(=O)OC1(C)C2CC3CC(C2)CC1C3. The van der Waals surface area contributed by atoms with Crippen LogP contribution in [-0.2, 0) is 28.6 Å². The monoisotopic (exact) mass is 1220 g/mol. The van der Waals surface area contributed by atoms with Crippen molar-refractivity contribution >= 4 is 63.1 Å². The Kier molecular flexibility index (Phi) is 13.3. The molecule has 12 aliphatic rings. The Labute approximate surface area is 460 Å². The Morgan fingerprint density at radius 3 is 1.00 bits per heavy atom. The van der Waals surface area contributed by atoms with Crippen LogP contribution in [0.25, 0.3) is 0 Å². The first kappa shape index (κ1) is 50.7. The number of hydrogen-bond donors (Lipinski definition) is 0. The van der Waals surface area contributed by atoms with E-state index in [0.717, 1.165) is 107 Å². The highest BCUT2D eigenvalue weighted by Crippen LogP contribution is 2.62. The van der Waals surface area contributed by atoms with E-state index in [0.29, 0.717) is 52.8 Å². The molecule has 0 radical (unpaired) electrons. The summed E-state index contributed by atoms with van der Waals surface area (Å²) in [6, 6.07) is 12.9. The van der Waals surface area contributed by atoms with Gasteiger partial charge in [-0.1, -0.05) is 24.3 Å². The molecule has 0 amide bonds. The Morgan fingerprint density at radius 2 is 0.712 bits per heavy atom. The third-order valence-corrected chi connectivity index (χ3v) is 22.7. The zero-order valence-electron chi connectivity index (χ0n) is 44.1. The molecule has 0 atom stereocenters. The number of esters is 3. The minimum atomic E-state index is -0.454. The van der Waals surface area contributed by atoms with Crippen molar-refractivity contribution < 1.29 is 42.8 Å². The van der Waals surface area contributed by atoms with E-state index in [1.807, 2.05) is 27.7 Å². The summed E-state index contributed by atoms with van der Waals surface area (Å²) in [7, 11) is 0. The first-order valence-corrected chi connectivity index (χ1v) is 30.2. The molecule has 0 heterocycles. The highest BCUT2D eigenvalue weighted by molar-refractivity contribution is 14.1. The van der Waals surface area contributed by atoms with Crippen LogP contribution in [0.1, 0.15) is 162 Å². The number of rotatable bonds is 15. The van der Waals surface area contributed by atoms with Gasteiger partial charge in [0.25, 0.3) is 0 Å². The van der Waals surface area contributed by atoms with Crippen molar-refractivity contribution in [1.29, 1.82) is 0 Å². The van der Waals surface area contributed by atoms with Crippen LogP contribution in [0.15, 0.2) is 36.4 Å². The van der Waals surface area contributed by atoms with Crippen LogP contribution in [0.2, 0.25) is 0 Å². The molecule has 11 heteroatoms. The predicted molar refractivity (Wildman–Crippen MR) is 296 cm³/mol. The van der Waals surface area contributed by atoms with E-state index in [2.05, 4.69) is 102 Å². The Balaban J connectivity index is 0.815. The summed E-state index contributed by atoms with van der Waals surface area (Å²) in [4.78, 5) is 41.4. The Bertz CT molecular complexity index is 2450. The summed E-state index contributed by atoms with van der Waals surface area (Å²) in [5.74, 6) is 7.98. The zero-order chi connectivity index (χ0) is 50.9. The number of ether oxygens (including phenoxy) is 6. The summed E-state index contributed by atoms with van der Waals surface area (Å²) >= 11 is 4.72. The van der Waals surface area contributed by atoms with Gasteiger partial charge in [0.05, 0.1) is 3.57 Å². The third kappa shape index (κ3) is 9.23. The molecule has 12 fully saturated rings. The molecule has 12 aliphatic carbocycles. The van der Waals surface area contributed by atoms with Crippen LogP contribution < -0.4 is 14.2 Å². The van der Waals surface area contributed by atoms with E-state index in [-0.39, 0.29) is 43.6 Å². The second kappa shape index (κ2) is 19.1. The van der Waals surface area contributed by atoms with Gasteiger partial charge in [-0.3, -0.25) is 0 Å². The second-order valence-electron chi connectivity index (χ2n) is 26.0. The Hall–Kier alpha value is -3.07. The van der Waals surface area contributed by atoms with Crippen LogP contribution in [0.3, 0.4) is 0 Å². The average molecular weight is 1220 g/mol. The lowest BCUT2D eigenvalue weighted by molar-refractivity contribution is -0.205. The van der Waals surface area contributed by atoms with E-state index >= 15 is 0 Å². The molecule has 3 aromatic carbocycles. The predicted octanol–water partition coefficient (Wildman–Crippen LogP) is 13.7. The number of halogens is 2. The van der Waals surface area contributed by atoms with Crippen LogP contribution >= 0.6 is 45.2 Å². The molecule has 15 rings (SSSR count). The van der Waals surface area contributed by atoms with Crippen molar-refractivity contribution in [3.8, 4) is 17.2 Å². The highest BCUT2D eigenvalue weighted by atomic mass is 127. The van der Waals surface area contributed by atoms with E-state index < -0.39 is 16.8 Å². The van der Waals surface area contributed by atoms with Crippen LogP contribution in [0, 0.1) is 106 Å². The number of carbonyl (C=O) groups is 3. The summed E-state index contributed by atoms with van der Waals surface area (Å²) < 4.78 is 40.9. The van der Waals surface area contributed by atoms with Crippen molar-refractivity contribution in [1.82, 2.24) is 0 Å². The smallest absolute Gasteiger partial charge is 0.344 e. The van der Waals surface area contributed by atoms with Crippen LogP contribution in [-0.4, -0.2) is 54.5 Å². The van der Waals surface area contributed by atoms with Crippen molar-refractivity contribution in [3.05, 3.63) is 82.5 Å². The summed E-state index contributed by atoms with van der Waals surface area (Å²) in [6.07, 6.45) is 18.0. The van der Waals surface area contributed by atoms with Gasteiger partial charge < -0.3 is 28.4 Å². The number of hydrogen-bond acceptors (Lipinski definition) is 9. The van der Waals surface area contributed by atoms with Gasteiger partial charge in [-0.2, -0.15) is 0 Å². The lowest BCUT2D eigenvalue weighted by atomic mass is 9.50. The van der Waals surface area contributed by atoms with Gasteiger partial charge in [0.1, 0.15) is 34.1 Å². The van der Waals surface area contributed by atoms with Gasteiger partial charge in [0.15, 0.2) is 19.8 Å². The molecule has 0 aromatic heterocycles. The van der Waals surface area contributed by atoms with Gasteiger partial charge >= 0.3 is 17.9 Å². The zero-order valence-corrected chi connectivity index (χ0v) is 48.4. The molecule has 0 unspecified atom stereocenters. The van der Waals surface area contributed by atoms with Crippen molar-refractivity contribution in [2.24, 2.45) is 71.0 Å². The van der Waals surface area contributed by atoms with E-state index in [9.17, 15) is 14.4 Å².